The van der Waals surface area contributed by atoms with Crippen molar-refractivity contribution in [1.29, 1.82) is 0 Å². The highest BCUT2D eigenvalue weighted by Gasteiger charge is 2.31. The fourth-order valence-corrected chi connectivity index (χ4v) is 3.25. The van der Waals surface area contributed by atoms with Crippen molar-refractivity contribution >= 4 is 29.3 Å². The largest absolute Gasteiger partial charge is 0.497 e. The molecule has 3 rings (SSSR count). The van der Waals surface area contributed by atoms with Gasteiger partial charge in [-0.2, -0.15) is 0 Å². The van der Waals surface area contributed by atoms with E-state index in [4.69, 9.17) is 9.47 Å². The number of unbranched alkanes of at least 4 members (excludes halogenated alkanes) is 1. The van der Waals surface area contributed by atoms with Gasteiger partial charge in [0, 0.05) is 24.3 Å². The summed E-state index contributed by atoms with van der Waals surface area (Å²) < 4.78 is 10.3. The van der Waals surface area contributed by atoms with Crippen LogP contribution in [0.3, 0.4) is 0 Å². The second-order valence-electron chi connectivity index (χ2n) is 7.27. The maximum Gasteiger partial charge on any atom is 0.338 e. The van der Waals surface area contributed by atoms with E-state index in [-0.39, 0.29) is 24.3 Å². The van der Waals surface area contributed by atoms with E-state index in [0.29, 0.717) is 30.2 Å². The van der Waals surface area contributed by atoms with Crippen molar-refractivity contribution in [2.75, 3.05) is 30.5 Å². The highest BCUT2D eigenvalue weighted by molar-refractivity contribution is 5.98. The Morgan fingerprint density at radius 1 is 1.10 bits per heavy atom. The van der Waals surface area contributed by atoms with Gasteiger partial charge < -0.3 is 25.0 Å². The van der Waals surface area contributed by atoms with Crippen LogP contribution in [-0.2, 0) is 9.53 Å². The molecule has 1 aliphatic rings. The molecular weight excluding hydrogens is 398 g/mol. The SMILES string of the molecule is CCCCOC(=O)c1ccc(NC(=O)N[C@H]2CC(=O)N(c3ccc(OC)cc3)C2)cc1. The van der Waals surface area contributed by atoms with Crippen molar-refractivity contribution in [3.8, 4) is 5.75 Å². The van der Waals surface area contributed by atoms with Crippen LogP contribution in [0.1, 0.15) is 36.5 Å². The first kappa shape index (κ1) is 22.1. The van der Waals surface area contributed by atoms with Crippen LogP contribution in [0.5, 0.6) is 5.75 Å². The summed E-state index contributed by atoms with van der Waals surface area (Å²) in [5, 5.41) is 5.55. The van der Waals surface area contributed by atoms with Crippen LogP contribution >= 0.6 is 0 Å². The van der Waals surface area contributed by atoms with E-state index >= 15 is 0 Å². The van der Waals surface area contributed by atoms with Crippen LogP contribution in [0.25, 0.3) is 0 Å². The number of ether oxygens (including phenoxy) is 2. The first-order chi connectivity index (χ1) is 15.0. The predicted octanol–water partition coefficient (Wildman–Crippen LogP) is 3.58. The minimum absolute atomic E-state index is 0.0543. The number of carbonyl (C=O) groups excluding carboxylic acids is 3. The van der Waals surface area contributed by atoms with Gasteiger partial charge in [0.2, 0.25) is 5.91 Å². The molecule has 164 valence electrons. The van der Waals surface area contributed by atoms with Gasteiger partial charge in [-0.05, 0) is 55.0 Å². The number of hydrogen-bond donors (Lipinski definition) is 2. The van der Waals surface area contributed by atoms with Gasteiger partial charge in [0.1, 0.15) is 5.75 Å². The van der Waals surface area contributed by atoms with Crippen LogP contribution in [0.15, 0.2) is 48.5 Å². The van der Waals surface area contributed by atoms with Gasteiger partial charge in [0.25, 0.3) is 0 Å². The molecule has 1 saturated heterocycles. The number of carbonyl (C=O) groups is 3. The molecule has 31 heavy (non-hydrogen) atoms. The monoisotopic (exact) mass is 425 g/mol. The lowest BCUT2D eigenvalue weighted by molar-refractivity contribution is -0.117. The van der Waals surface area contributed by atoms with E-state index in [9.17, 15) is 14.4 Å². The lowest BCUT2D eigenvalue weighted by atomic mass is 10.2. The fraction of sp³-hybridized carbons (Fsp3) is 0.348. The molecule has 0 unspecified atom stereocenters. The fourth-order valence-electron chi connectivity index (χ4n) is 3.25. The summed E-state index contributed by atoms with van der Waals surface area (Å²) in [7, 11) is 1.58. The molecule has 0 saturated carbocycles. The van der Waals surface area contributed by atoms with Gasteiger partial charge in [-0.1, -0.05) is 13.3 Å². The number of nitrogens with one attached hydrogen (secondary N) is 2. The molecule has 2 N–H and O–H groups in total. The standard InChI is InChI=1S/C23H27N3O5/c1-3-4-13-31-22(28)16-5-7-17(8-6-16)24-23(29)25-18-14-21(27)26(15-18)19-9-11-20(30-2)12-10-19/h5-12,18H,3-4,13-15H2,1-2H3,(H2,24,25,29)/t18-/m0/s1. The smallest absolute Gasteiger partial charge is 0.338 e. The number of benzene rings is 2. The Morgan fingerprint density at radius 3 is 2.45 bits per heavy atom. The van der Waals surface area contributed by atoms with Crippen molar-refractivity contribution < 1.29 is 23.9 Å². The van der Waals surface area contributed by atoms with Gasteiger partial charge in [-0.25, -0.2) is 9.59 Å². The number of rotatable bonds is 8. The van der Waals surface area contributed by atoms with Crippen LogP contribution in [-0.4, -0.2) is 44.2 Å². The topological polar surface area (TPSA) is 97.0 Å². The zero-order chi connectivity index (χ0) is 22.2. The van der Waals surface area contributed by atoms with E-state index in [1.165, 1.54) is 0 Å². The minimum Gasteiger partial charge on any atom is -0.497 e. The summed E-state index contributed by atoms with van der Waals surface area (Å²) >= 11 is 0. The van der Waals surface area contributed by atoms with Crippen LogP contribution in [0.2, 0.25) is 0 Å². The zero-order valence-electron chi connectivity index (χ0n) is 17.7. The summed E-state index contributed by atoms with van der Waals surface area (Å²) in [5.74, 6) is 0.277. The summed E-state index contributed by atoms with van der Waals surface area (Å²) in [4.78, 5) is 38.3. The number of anilines is 2. The van der Waals surface area contributed by atoms with Crippen molar-refractivity contribution in [2.24, 2.45) is 0 Å². The third-order valence-electron chi connectivity index (χ3n) is 4.95. The van der Waals surface area contributed by atoms with Crippen molar-refractivity contribution in [3.05, 3.63) is 54.1 Å². The van der Waals surface area contributed by atoms with Crippen molar-refractivity contribution in [3.63, 3.8) is 0 Å². The maximum atomic E-state index is 12.4. The van der Waals surface area contributed by atoms with Crippen LogP contribution in [0, 0.1) is 0 Å². The van der Waals surface area contributed by atoms with Gasteiger partial charge in [0.05, 0.1) is 25.3 Å². The molecule has 3 amide bonds. The molecule has 0 radical (unpaired) electrons. The summed E-state index contributed by atoms with van der Waals surface area (Å²) in [6.45, 7) is 2.81. The van der Waals surface area contributed by atoms with Gasteiger partial charge in [-0.15, -0.1) is 0 Å². The highest BCUT2D eigenvalue weighted by atomic mass is 16.5. The van der Waals surface area contributed by atoms with Gasteiger partial charge in [0.15, 0.2) is 0 Å². The lowest BCUT2D eigenvalue weighted by Gasteiger charge is -2.18. The molecule has 2 aromatic rings. The predicted molar refractivity (Wildman–Crippen MR) is 118 cm³/mol. The van der Waals surface area contributed by atoms with Crippen molar-refractivity contribution in [2.45, 2.75) is 32.2 Å². The number of hydrogen-bond acceptors (Lipinski definition) is 5. The minimum atomic E-state index is -0.410. The van der Waals surface area contributed by atoms with Gasteiger partial charge in [-0.3, -0.25) is 4.79 Å². The number of nitrogens with zero attached hydrogens (tertiary/aromatic N) is 1. The Kier molecular flexibility index (Phi) is 7.48. The number of methoxy groups -OCH3 is 1. The molecule has 0 spiro atoms. The van der Waals surface area contributed by atoms with E-state index in [0.717, 1.165) is 18.5 Å². The Morgan fingerprint density at radius 2 is 1.81 bits per heavy atom. The molecule has 1 aliphatic heterocycles. The molecule has 8 nitrogen and oxygen atoms in total. The molecule has 8 heteroatoms. The molecule has 0 bridgehead atoms. The van der Waals surface area contributed by atoms with Gasteiger partial charge >= 0.3 is 12.0 Å². The maximum absolute atomic E-state index is 12.4. The molecule has 1 fully saturated rings. The number of esters is 1. The summed E-state index contributed by atoms with van der Waals surface area (Å²) in [6, 6.07) is 13.0. The van der Waals surface area contributed by atoms with Crippen LogP contribution < -0.4 is 20.3 Å². The lowest BCUT2D eigenvalue weighted by Crippen LogP contribution is -2.39. The first-order valence-electron chi connectivity index (χ1n) is 10.3. The molecule has 1 atom stereocenters. The zero-order valence-corrected chi connectivity index (χ0v) is 17.7. The quantitative estimate of drug-likeness (QED) is 0.498. The average Bonchev–Trinajstić information content (AvgIpc) is 3.14. The summed E-state index contributed by atoms with van der Waals surface area (Å²) in [6.07, 6.45) is 2.00. The third-order valence-corrected chi connectivity index (χ3v) is 4.95. The molecule has 0 aromatic heterocycles. The normalized spacial score (nSPS) is 15.5. The second kappa shape index (κ2) is 10.5. The second-order valence-corrected chi connectivity index (χ2v) is 7.27. The number of urea groups is 1. The summed E-state index contributed by atoms with van der Waals surface area (Å²) in [5.41, 5.74) is 1.73. The van der Waals surface area contributed by atoms with E-state index < -0.39 is 6.03 Å². The van der Waals surface area contributed by atoms with E-state index in [1.807, 2.05) is 19.1 Å². The molecule has 0 aliphatic carbocycles. The molecular formula is C23H27N3O5. The Labute approximate surface area is 181 Å². The third kappa shape index (κ3) is 5.97. The highest BCUT2D eigenvalue weighted by Crippen LogP contribution is 2.24. The Bertz CT molecular complexity index is 912. The number of amides is 3. The average molecular weight is 425 g/mol. The Balaban J connectivity index is 1.50. The molecule has 2 aromatic carbocycles. The van der Waals surface area contributed by atoms with Crippen LogP contribution in [0.4, 0.5) is 16.2 Å². The first-order valence-corrected chi connectivity index (χ1v) is 10.3. The molecule has 1 heterocycles. The van der Waals surface area contributed by atoms with E-state index in [1.54, 1.807) is 48.4 Å². The Hall–Kier alpha value is -3.55. The van der Waals surface area contributed by atoms with Crippen molar-refractivity contribution in [1.82, 2.24) is 5.32 Å². The van der Waals surface area contributed by atoms with E-state index in [2.05, 4.69) is 10.6 Å².